The van der Waals surface area contributed by atoms with Gasteiger partial charge in [-0.05, 0) is 36.6 Å². The van der Waals surface area contributed by atoms with Crippen molar-refractivity contribution in [3.63, 3.8) is 0 Å². The topological polar surface area (TPSA) is 0 Å². The molecule has 0 aliphatic heterocycles. The summed E-state index contributed by atoms with van der Waals surface area (Å²) >= 11 is 0. The summed E-state index contributed by atoms with van der Waals surface area (Å²) in [5.41, 5.74) is 9.01. The molecule has 0 spiro atoms. The molecule has 0 saturated heterocycles. The van der Waals surface area contributed by atoms with E-state index in [0.717, 1.165) is 12.0 Å². The SMILES string of the molecule is CCCCCC=C=Cc1ccccc1C#C[Si](C)(C)C. The van der Waals surface area contributed by atoms with E-state index in [0.29, 0.717) is 0 Å². The first-order chi connectivity index (χ1) is 9.53. The van der Waals surface area contributed by atoms with Crippen molar-refractivity contribution in [3.8, 4) is 11.5 Å². The van der Waals surface area contributed by atoms with E-state index in [2.05, 4.69) is 80.2 Å². The molecule has 0 radical (unpaired) electrons. The van der Waals surface area contributed by atoms with Crippen LogP contribution in [0.3, 0.4) is 0 Å². The van der Waals surface area contributed by atoms with Crippen molar-refractivity contribution in [3.05, 3.63) is 47.2 Å². The second-order valence-electron chi connectivity index (χ2n) is 6.10. The van der Waals surface area contributed by atoms with Crippen molar-refractivity contribution in [2.45, 2.75) is 52.2 Å². The van der Waals surface area contributed by atoms with Gasteiger partial charge >= 0.3 is 0 Å². The summed E-state index contributed by atoms with van der Waals surface area (Å²) in [5.74, 6) is 3.34. The fourth-order valence-corrected chi connectivity index (χ4v) is 2.23. The lowest BCUT2D eigenvalue weighted by molar-refractivity contribution is 0.729. The average molecular weight is 283 g/mol. The van der Waals surface area contributed by atoms with Crippen LogP contribution in [0.5, 0.6) is 0 Å². The van der Waals surface area contributed by atoms with E-state index in [-0.39, 0.29) is 0 Å². The van der Waals surface area contributed by atoms with Gasteiger partial charge in [0.25, 0.3) is 0 Å². The fourth-order valence-electron chi connectivity index (χ4n) is 1.72. The van der Waals surface area contributed by atoms with Crippen LogP contribution in [-0.4, -0.2) is 8.07 Å². The molecule has 0 fully saturated rings. The molecule has 1 rings (SSSR count). The number of hydrogen-bond acceptors (Lipinski definition) is 0. The molecule has 0 heterocycles. The van der Waals surface area contributed by atoms with E-state index >= 15 is 0 Å². The maximum Gasteiger partial charge on any atom is 0.129 e. The molecule has 1 heteroatoms. The second-order valence-corrected chi connectivity index (χ2v) is 10.8. The third-order valence-electron chi connectivity index (χ3n) is 2.84. The molecule has 0 amide bonds. The van der Waals surface area contributed by atoms with Crippen molar-refractivity contribution < 1.29 is 0 Å². The Morgan fingerprint density at radius 1 is 1.10 bits per heavy atom. The van der Waals surface area contributed by atoms with Crippen LogP contribution >= 0.6 is 0 Å². The Hall–Kier alpha value is -1.48. The van der Waals surface area contributed by atoms with Crippen LogP contribution in [0.2, 0.25) is 19.6 Å². The van der Waals surface area contributed by atoms with Gasteiger partial charge in [0.15, 0.2) is 0 Å². The lowest BCUT2D eigenvalue weighted by Gasteiger charge is -2.04. The summed E-state index contributed by atoms with van der Waals surface area (Å²) in [5, 5.41) is 0. The van der Waals surface area contributed by atoms with Crippen LogP contribution < -0.4 is 0 Å². The van der Waals surface area contributed by atoms with Crippen LogP contribution in [0.4, 0.5) is 0 Å². The lowest BCUT2D eigenvalue weighted by Crippen LogP contribution is -2.16. The first-order valence-electron chi connectivity index (χ1n) is 7.56. The first-order valence-corrected chi connectivity index (χ1v) is 11.1. The zero-order valence-corrected chi connectivity index (χ0v) is 14.3. The molecule has 0 unspecified atom stereocenters. The fraction of sp³-hybridized carbons (Fsp3) is 0.421. The Balaban J connectivity index is 2.80. The molecule has 0 aliphatic rings. The number of allylic oxidation sites excluding steroid dienone is 1. The largest absolute Gasteiger partial charge is 0.129 e. The molecular weight excluding hydrogens is 256 g/mol. The van der Waals surface area contributed by atoms with E-state index in [9.17, 15) is 0 Å². The average Bonchev–Trinajstić information content (AvgIpc) is 2.40. The van der Waals surface area contributed by atoms with Crippen LogP contribution in [-0.2, 0) is 0 Å². The van der Waals surface area contributed by atoms with E-state index in [4.69, 9.17) is 0 Å². The molecule has 0 aromatic heterocycles. The molecule has 0 saturated carbocycles. The molecule has 0 aliphatic carbocycles. The Morgan fingerprint density at radius 2 is 1.85 bits per heavy atom. The lowest BCUT2D eigenvalue weighted by atomic mass is 10.1. The molecule has 1 aromatic carbocycles. The van der Waals surface area contributed by atoms with Crippen molar-refractivity contribution in [2.75, 3.05) is 0 Å². The van der Waals surface area contributed by atoms with Gasteiger partial charge in [-0.15, -0.1) is 11.3 Å². The van der Waals surface area contributed by atoms with E-state index in [1.165, 1.54) is 24.8 Å². The van der Waals surface area contributed by atoms with Gasteiger partial charge in [0.05, 0.1) is 0 Å². The van der Waals surface area contributed by atoms with Gasteiger partial charge < -0.3 is 0 Å². The molecule has 0 bridgehead atoms. The molecule has 106 valence electrons. The van der Waals surface area contributed by atoms with Crippen LogP contribution in [0.1, 0.15) is 43.7 Å². The normalized spacial score (nSPS) is 10.2. The molecule has 1 aromatic rings. The summed E-state index contributed by atoms with van der Waals surface area (Å²) in [6.07, 6.45) is 9.14. The van der Waals surface area contributed by atoms with Gasteiger partial charge in [0.1, 0.15) is 8.07 Å². The Bertz CT molecular complexity index is 529. The third-order valence-corrected chi connectivity index (χ3v) is 3.72. The van der Waals surface area contributed by atoms with Crippen molar-refractivity contribution in [1.29, 1.82) is 0 Å². The Morgan fingerprint density at radius 3 is 2.55 bits per heavy atom. The smallest absolute Gasteiger partial charge is 0.127 e. The van der Waals surface area contributed by atoms with Gasteiger partial charge in [0.2, 0.25) is 0 Å². The monoisotopic (exact) mass is 282 g/mol. The zero-order chi connectivity index (χ0) is 14.8. The Kier molecular flexibility index (Phi) is 7.16. The minimum atomic E-state index is -1.32. The summed E-state index contributed by atoms with van der Waals surface area (Å²) in [6.45, 7) is 9.04. The molecule has 20 heavy (non-hydrogen) atoms. The third kappa shape index (κ3) is 7.19. The number of rotatable bonds is 5. The number of hydrogen-bond donors (Lipinski definition) is 0. The highest BCUT2D eigenvalue weighted by atomic mass is 28.3. The van der Waals surface area contributed by atoms with Crippen LogP contribution in [0.25, 0.3) is 6.08 Å². The molecular formula is C19H26Si. The maximum atomic E-state index is 3.43. The van der Waals surface area contributed by atoms with Crippen LogP contribution in [0, 0.1) is 11.5 Å². The van der Waals surface area contributed by atoms with E-state index in [1.807, 2.05) is 0 Å². The maximum absolute atomic E-state index is 3.43. The highest BCUT2D eigenvalue weighted by Gasteiger charge is 2.07. The predicted molar refractivity (Wildman–Crippen MR) is 93.4 cm³/mol. The zero-order valence-electron chi connectivity index (χ0n) is 13.3. The molecule has 0 N–H and O–H groups in total. The second kappa shape index (κ2) is 8.64. The predicted octanol–water partition coefficient (Wildman–Crippen LogP) is 5.66. The van der Waals surface area contributed by atoms with Gasteiger partial charge in [-0.25, -0.2) is 0 Å². The molecule has 0 atom stereocenters. The highest BCUT2D eigenvalue weighted by Crippen LogP contribution is 2.10. The minimum absolute atomic E-state index is 1.12. The van der Waals surface area contributed by atoms with E-state index < -0.39 is 8.07 Å². The van der Waals surface area contributed by atoms with E-state index in [1.54, 1.807) is 0 Å². The standard InChI is InChI=1S/C19H26Si/c1-5-6-7-8-9-10-13-18-14-11-12-15-19(18)16-17-20(2,3)4/h9,11-15H,5-8H2,1-4H3. The van der Waals surface area contributed by atoms with Crippen LogP contribution in [0.15, 0.2) is 36.1 Å². The summed E-state index contributed by atoms with van der Waals surface area (Å²) < 4.78 is 0. The summed E-state index contributed by atoms with van der Waals surface area (Å²) in [7, 11) is -1.32. The van der Waals surface area contributed by atoms with Gasteiger partial charge in [-0.2, -0.15) is 0 Å². The summed E-state index contributed by atoms with van der Waals surface area (Å²) in [6, 6.07) is 8.32. The Labute approximate surface area is 125 Å². The molecule has 0 nitrogen and oxygen atoms in total. The number of benzene rings is 1. The van der Waals surface area contributed by atoms with Gasteiger partial charge in [0, 0.05) is 5.56 Å². The van der Waals surface area contributed by atoms with Crippen molar-refractivity contribution >= 4 is 14.1 Å². The van der Waals surface area contributed by atoms with Crippen molar-refractivity contribution in [2.24, 2.45) is 0 Å². The number of unbranched alkanes of at least 4 members (excludes halogenated alkanes) is 3. The minimum Gasteiger partial charge on any atom is -0.127 e. The van der Waals surface area contributed by atoms with Gasteiger partial charge in [-0.1, -0.05) is 63.5 Å². The first kappa shape index (κ1) is 16.6. The quantitative estimate of drug-likeness (QED) is 0.283. The summed E-state index contributed by atoms with van der Waals surface area (Å²) in [4.78, 5) is 0. The highest BCUT2D eigenvalue weighted by molar-refractivity contribution is 6.83. The van der Waals surface area contributed by atoms with Gasteiger partial charge in [-0.3, -0.25) is 0 Å². The van der Waals surface area contributed by atoms with Crippen molar-refractivity contribution in [1.82, 2.24) is 0 Å².